The number of ether oxygens (including phenoxy) is 1. The van der Waals surface area contributed by atoms with Crippen LogP contribution in [0.1, 0.15) is 24.7 Å². The Hall–Kier alpha value is -2.33. The van der Waals surface area contributed by atoms with Crippen molar-refractivity contribution < 1.29 is 17.9 Å². The molecule has 0 unspecified atom stereocenters. The van der Waals surface area contributed by atoms with Gasteiger partial charge in [0.05, 0.1) is 17.3 Å². The number of aryl methyl sites for hydroxylation is 1. The summed E-state index contributed by atoms with van der Waals surface area (Å²) < 4.78 is 30.7. The van der Waals surface area contributed by atoms with Crippen molar-refractivity contribution in [1.29, 1.82) is 0 Å². The maximum absolute atomic E-state index is 12.2. The molecular formula is C20H26N4O4S2. The van der Waals surface area contributed by atoms with E-state index in [-0.39, 0.29) is 35.8 Å². The minimum absolute atomic E-state index is 0.0107. The van der Waals surface area contributed by atoms with Crippen LogP contribution >= 0.6 is 11.8 Å². The van der Waals surface area contributed by atoms with Crippen LogP contribution in [0.15, 0.2) is 42.1 Å². The van der Waals surface area contributed by atoms with Crippen LogP contribution in [0, 0.1) is 0 Å². The number of carbonyl (C=O) groups excluding carboxylic acids is 1. The lowest BCUT2D eigenvalue weighted by atomic mass is 10.2. The number of thioether (sulfide) groups is 1. The van der Waals surface area contributed by atoms with Crippen LogP contribution in [0.4, 0.5) is 0 Å². The highest BCUT2D eigenvalue weighted by molar-refractivity contribution is 7.99. The topological polar surface area (TPSA) is 103 Å². The molecule has 3 rings (SSSR count). The lowest BCUT2D eigenvalue weighted by Gasteiger charge is -2.11. The summed E-state index contributed by atoms with van der Waals surface area (Å²) >= 11 is 1.25. The number of nitrogens with one attached hydrogen (secondary N) is 1. The first-order chi connectivity index (χ1) is 14.4. The van der Waals surface area contributed by atoms with Crippen LogP contribution in [-0.2, 0) is 34.2 Å². The Morgan fingerprint density at radius 3 is 2.77 bits per heavy atom. The number of allylic oxidation sites excluding steroid dienone is 1. The third kappa shape index (κ3) is 6.09. The molecule has 1 saturated heterocycles. The maximum atomic E-state index is 12.2. The van der Waals surface area contributed by atoms with Crippen molar-refractivity contribution in [2.75, 3.05) is 17.3 Å². The van der Waals surface area contributed by atoms with Gasteiger partial charge in [-0.15, -0.1) is 16.8 Å². The average molecular weight is 451 g/mol. The molecule has 162 valence electrons. The maximum Gasteiger partial charge on any atom is 0.230 e. The molecule has 1 fully saturated rings. The second-order valence-corrected chi connectivity index (χ2v) is 10.2. The lowest BCUT2D eigenvalue weighted by molar-refractivity contribution is -0.119. The average Bonchev–Trinajstić information content (AvgIpc) is 3.27. The summed E-state index contributed by atoms with van der Waals surface area (Å²) in [7, 11) is -3.03. The van der Waals surface area contributed by atoms with Gasteiger partial charge in [0.15, 0.2) is 20.8 Å². The van der Waals surface area contributed by atoms with E-state index < -0.39 is 9.84 Å². The lowest BCUT2D eigenvalue weighted by Crippen LogP contribution is -2.36. The molecule has 0 aliphatic carbocycles. The number of benzene rings is 1. The van der Waals surface area contributed by atoms with Crippen LogP contribution in [0.5, 0.6) is 5.75 Å². The second-order valence-electron chi connectivity index (χ2n) is 7.04. The van der Waals surface area contributed by atoms with Crippen molar-refractivity contribution in [2.24, 2.45) is 0 Å². The Labute approximate surface area is 181 Å². The zero-order chi connectivity index (χ0) is 21.6. The van der Waals surface area contributed by atoms with Crippen LogP contribution in [-0.4, -0.2) is 52.4 Å². The van der Waals surface area contributed by atoms with Gasteiger partial charge in [-0.2, -0.15) is 0 Å². The van der Waals surface area contributed by atoms with Crippen molar-refractivity contribution in [3.05, 3.63) is 48.3 Å². The number of hydrogen-bond acceptors (Lipinski definition) is 7. The van der Waals surface area contributed by atoms with Crippen LogP contribution in [0.25, 0.3) is 0 Å². The van der Waals surface area contributed by atoms with Gasteiger partial charge in [-0.1, -0.05) is 36.9 Å². The van der Waals surface area contributed by atoms with Gasteiger partial charge in [-0.05, 0) is 30.5 Å². The number of carbonyl (C=O) groups is 1. The molecule has 10 heteroatoms. The second kappa shape index (κ2) is 10.1. The molecule has 8 nitrogen and oxygen atoms in total. The molecule has 2 heterocycles. The van der Waals surface area contributed by atoms with Crippen LogP contribution < -0.4 is 10.1 Å². The van der Waals surface area contributed by atoms with Crippen molar-refractivity contribution in [3.8, 4) is 5.75 Å². The highest BCUT2D eigenvalue weighted by atomic mass is 32.2. The third-order valence-electron chi connectivity index (χ3n) is 4.73. The number of amides is 1. The summed E-state index contributed by atoms with van der Waals surface area (Å²) in [5, 5.41) is 11.7. The fraction of sp³-hybridized carbons (Fsp3) is 0.450. The van der Waals surface area contributed by atoms with Gasteiger partial charge in [-0.25, -0.2) is 8.42 Å². The van der Waals surface area contributed by atoms with E-state index in [0.29, 0.717) is 23.9 Å². The van der Waals surface area contributed by atoms with Gasteiger partial charge in [0.25, 0.3) is 0 Å². The molecule has 30 heavy (non-hydrogen) atoms. The number of sulfone groups is 1. The van der Waals surface area contributed by atoms with E-state index in [1.807, 2.05) is 28.8 Å². The molecule has 0 spiro atoms. The predicted molar refractivity (Wildman–Crippen MR) is 116 cm³/mol. The van der Waals surface area contributed by atoms with Crippen molar-refractivity contribution in [2.45, 2.75) is 44.1 Å². The van der Waals surface area contributed by atoms with Crippen molar-refractivity contribution in [3.63, 3.8) is 0 Å². The first-order valence-electron chi connectivity index (χ1n) is 9.77. The molecule has 1 atom stereocenters. The Bertz CT molecular complexity index is 987. The summed E-state index contributed by atoms with van der Waals surface area (Å²) in [6.45, 7) is 6.61. The monoisotopic (exact) mass is 450 g/mol. The molecule has 1 aromatic carbocycles. The van der Waals surface area contributed by atoms with Crippen LogP contribution in [0.2, 0.25) is 0 Å². The van der Waals surface area contributed by atoms with Gasteiger partial charge in [-0.3, -0.25) is 9.36 Å². The van der Waals surface area contributed by atoms with E-state index in [1.165, 1.54) is 17.3 Å². The normalized spacial score (nSPS) is 17.6. The van der Waals surface area contributed by atoms with Gasteiger partial charge in [0.1, 0.15) is 12.4 Å². The quantitative estimate of drug-likeness (QED) is 0.436. The van der Waals surface area contributed by atoms with E-state index in [4.69, 9.17) is 4.74 Å². The SMILES string of the molecule is C=CCn1c(COc2ccc(CC)cc2)nnc1SCC(=O)N[C@H]1CCS(=O)(=O)C1. The zero-order valence-electron chi connectivity index (χ0n) is 16.9. The van der Waals surface area contributed by atoms with E-state index in [2.05, 4.69) is 29.0 Å². The van der Waals surface area contributed by atoms with Crippen molar-refractivity contribution >= 4 is 27.5 Å². The summed E-state index contributed by atoms with van der Waals surface area (Å²) in [5.74, 6) is 1.44. The minimum Gasteiger partial charge on any atom is -0.486 e. The Kier molecular flexibility index (Phi) is 7.54. The largest absolute Gasteiger partial charge is 0.486 e. The molecule has 0 radical (unpaired) electrons. The summed E-state index contributed by atoms with van der Waals surface area (Å²) in [5.41, 5.74) is 1.24. The molecule has 0 saturated carbocycles. The molecule has 0 bridgehead atoms. The molecule has 2 aromatic rings. The highest BCUT2D eigenvalue weighted by Gasteiger charge is 2.29. The van der Waals surface area contributed by atoms with E-state index in [9.17, 15) is 13.2 Å². The zero-order valence-corrected chi connectivity index (χ0v) is 18.5. The first kappa shape index (κ1) is 22.4. The van der Waals surface area contributed by atoms with Gasteiger partial charge in [0, 0.05) is 12.6 Å². The Morgan fingerprint density at radius 1 is 1.37 bits per heavy atom. The smallest absolute Gasteiger partial charge is 0.230 e. The predicted octanol–water partition coefficient (Wildman–Crippen LogP) is 2.00. The number of rotatable bonds is 10. The Balaban J connectivity index is 1.56. The van der Waals surface area contributed by atoms with Gasteiger partial charge < -0.3 is 10.1 Å². The van der Waals surface area contributed by atoms with E-state index in [0.717, 1.165) is 12.2 Å². The minimum atomic E-state index is -3.03. The third-order valence-corrected chi connectivity index (χ3v) is 7.47. The molecule has 1 N–H and O–H groups in total. The van der Waals surface area contributed by atoms with Crippen LogP contribution in [0.3, 0.4) is 0 Å². The molecule has 1 aromatic heterocycles. The van der Waals surface area contributed by atoms with Gasteiger partial charge in [0.2, 0.25) is 5.91 Å². The molecular weight excluding hydrogens is 424 g/mol. The van der Waals surface area contributed by atoms with E-state index in [1.54, 1.807) is 6.08 Å². The molecule has 1 amide bonds. The van der Waals surface area contributed by atoms with E-state index >= 15 is 0 Å². The molecule has 1 aliphatic heterocycles. The summed E-state index contributed by atoms with van der Waals surface area (Å²) in [6.07, 6.45) is 3.17. The highest BCUT2D eigenvalue weighted by Crippen LogP contribution is 2.20. The fourth-order valence-corrected chi connectivity index (χ4v) is 5.57. The molecule has 1 aliphatic rings. The first-order valence-corrected chi connectivity index (χ1v) is 12.6. The Morgan fingerprint density at radius 2 is 2.13 bits per heavy atom. The number of aromatic nitrogens is 3. The number of nitrogens with zero attached hydrogens (tertiary/aromatic N) is 3. The van der Waals surface area contributed by atoms with Gasteiger partial charge >= 0.3 is 0 Å². The van der Waals surface area contributed by atoms with Crippen molar-refractivity contribution in [1.82, 2.24) is 20.1 Å². The number of hydrogen-bond donors (Lipinski definition) is 1. The summed E-state index contributed by atoms with van der Waals surface area (Å²) in [6, 6.07) is 7.60. The summed E-state index contributed by atoms with van der Waals surface area (Å²) in [4.78, 5) is 12.2. The standard InChI is InChI=1S/C20H26N4O4S2/c1-3-10-24-18(12-28-17-7-5-15(4-2)6-8-17)22-23-20(24)29-13-19(25)21-16-9-11-30(26,27)14-16/h3,5-8,16H,1,4,9-14H2,2H3,(H,21,25)/t16-/m0/s1. The fourth-order valence-electron chi connectivity index (χ4n) is 3.12.